The lowest BCUT2D eigenvalue weighted by atomic mass is 10.2. The molecule has 0 amide bonds. The van der Waals surface area contributed by atoms with E-state index in [0.717, 1.165) is 11.1 Å². The number of nitrogens with one attached hydrogen (secondary N) is 1. The van der Waals surface area contributed by atoms with Crippen LogP contribution in [0.2, 0.25) is 0 Å². The number of benzene rings is 2. The van der Waals surface area contributed by atoms with Crippen LogP contribution in [0.3, 0.4) is 0 Å². The molecule has 2 aromatic carbocycles. The van der Waals surface area contributed by atoms with Crippen LogP contribution in [0.25, 0.3) is 0 Å². The Hall–Kier alpha value is -2.20. The highest BCUT2D eigenvalue weighted by atomic mass is 32.1. The van der Waals surface area contributed by atoms with Crippen LogP contribution >= 0.6 is 12.2 Å². The number of hydrogen-bond acceptors (Lipinski definition) is 2. The minimum Gasteiger partial charge on any atom is -0.376 e. The van der Waals surface area contributed by atoms with E-state index in [1.807, 2.05) is 66.9 Å². The third-order valence-corrected chi connectivity index (χ3v) is 2.68. The van der Waals surface area contributed by atoms with Crippen molar-refractivity contribution in [3.63, 3.8) is 0 Å². The molecule has 0 spiro atoms. The molecule has 0 fully saturated rings. The molecule has 0 aromatic heterocycles. The predicted molar refractivity (Wildman–Crippen MR) is 83.1 cm³/mol. The van der Waals surface area contributed by atoms with Crippen molar-refractivity contribution in [3.05, 3.63) is 71.8 Å². The van der Waals surface area contributed by atoms with Gasteiger partial charge in [0.1, 0.15) is 6.17 Å². The van der Waals surface area contributed by atoms with E-state index in [1.54, 1.807) is 0 Å². The first-order valence-corrected chi connectivity index (χ1v) is 6.35. The van der Waals surface area contributed by atoms with E-state index in [9.17, 15) is 0 Å². The number of nitrogens with zero attached hydrogens (tertiary/aromatic N) is 1. The SMILES string of the molecule is NC(=S)N[C@H](/N=C/c1ccccc1)c1ccccc1. The highest BCUT2D eigenvalue weighted by molar-refractivity contribution is 7.80. The van der Waals surface area contributed by atoms with Crippen LogP contribution in [0.4, 0.5) is 0 Å². The number of rotatable bonds is 4. The van der Waals surface area contributed by atoms with Gasteiger partial charge in [0.25, 0.3) is 0 Å². The standard InChI is InChI=1S/C15H15N3S/c16-15(19)18-14(13-9-5-2-6-10-13)17-11-12-7-3-1-4-8-12/h1-11,14H,(H3,16,18,19)/b17-11+/t14-/m0/s1. The predicted octanol–water partition coefficient (Wildman–Crippen LogP) is 2.64. The van der Waals surface area contributed by atoms with Crippen LogP contribution in [0, 0.1) is 0 Å². The van der Waals surface area contributed by atoms with Gasteiger partial charge in [-0.3, -0.25) is 4.99 Å². The lowest BCUT2D eigenvalue weighted by molar-refractivity contribution is 0.690. The zero-order chi connectivity index (χ0) is 13.5. The smallest absolute Gasteiger partial charge is 0.165 e. The van der Waals surface area contributed by atoms with E-state index < -0.39 is 0 Å². The Kier molecular flexibility index (Phi) is 4.64. The van der Waals surface area contributed by atoms with Crippen molar-refractivity contribution in [2.45, 2.75) is 6.17 Å². The summed E-state index contributed by atoms with van der Waals surface area (Å²) in [6, 6.07) is 19.7. The molecule has 0 saturated carbocycles. The molecule has 0 aliphatic carbocycles. The molecule has 0 aliphatic heterocycles. The van der Waals surface area contributed by atoms with Crippen LogP contribution < -0.4 is 11.1 Å². The number of nitrogens with two attached hydrogens (primary N) is 1. The lowest BCUT2D eigenvalue weighted by Crippen LogP contribution is -2.32. The van der Waals surface area contributed by atoms with Crippen LogP contribution in [0.5, 0.6) is 0 Å². The maximum atomic E-state index is 5.55. The number of thiocarbonyl (C=S) groups is 1. The first kappa shape index (κ1) is 13.2. The van der Waals surface area contributed by atoms with Crippen LogP contribution in [-0.2, 0) is 0 Å². The average molecular weight is 269 g/mol. The molecule has 2 rings (SSSR count). The van der Waals surface area contributed by atoms with Crippen molar-refractivity contribution in [1.82, 2.24) is 5.32 Å². The fourth-order valence-electron chi connectivity index (χ4n) is 1.68. The molecule has 3 N–H and O–H groups in total. The van der Waals surface area contributed by atoms with Crippen LogP contribution in [0.1, 0.15) is 17.3 Å². The zero-order valence-corrected chi connectivity index (χ0v) is 11.2. The monoisotopic (exact) mass is 269 g/mol. The largest absolute Gasteiger partial charge is 0.376 e. The fourth-order valence-corrected chi connectivity index (χ4v) is 1.79. The Labute approximate surface area is 118 Å². The average Bonchev–Trinajstić information content (AvgIpc) is 2.45. The Balaban J connectivity index is 2.19. The molecule has 0 heterocycles. The molecule has 19 heavy (non-hydrogen) atoms. The molecular formula is C15H15N3S. The zero-order valence-electron chi connectivity index (χ0n) is 10.4. The maximum absolute atomic E-state index is 5.55. The van der Waals surface area contributed by atoms with Gasteiger partial charge in [-0.1, -0.05) is 60.7 Å². The van der Waals surface area contributed by atoms with Crippen molar-refractivity contribution >= 4 is 23.5 Å². The molecule has 4 heteroatoms. The normalized spacial score (nSPS) is 12.2. The van der Waals surface area contributed by atoms with Gasteiger partial charge in [-0.25, -0.2) is 0 Å². The number of aliphatic imine (C=N–C) groups is 1. The summed E-state index contributed by atoms with van der Waals surface area (Å²) < 4.78 is 0. The topological polar surface area (TPSA) is 50.4 Å². The summed E-state index contributed by atoms with van der Waals surface area (Å²) >= 11 is 4.90. The molecule has 0 saturated heterocycles. The highest BCUT2D eigenvalue weighted by Crippen LogP contribution is 2.13. The molecule has 0 bridgehead atoms. The summed E-state index contributed by atoms with van der Waals surface area (Å²) in [5.74, 6) is 0. The third-order valence-electron chi connectivity index (χ3n) is 2.57. The van der Waals surface area contributed by atoms with Crippen molar-refractivity contribution in [2.24, 2.45) is 10.7 Å². The van der Waals surface area contributed by atoms with Gasteiger partial charge in [0, 0.05) is 6.21 Å². The second-order valence-electron chi connectivity index (χ2n) is 4.01. The van der Waals surface area contributed by atoms with Gasteiger partial charge >= 0.3 is 0 Å². The summed E-state index contributed by atoms with van der Waals surface area (Å²) in [5, 5.41) is 3.21. The number of hydrogen-bond donors (Lipinski definition) is 2. The van der Waals surface area contributed by atoms with E-state index in [4.69, 9.17) is 18.0 Å². The first-order valence-electron chi connectivity index (χ1n) is 5.95. The molecular weight excluding hydrogens is 254 g/mol. The fraction of sp³-hybridized carbons (Fsp3) is 0.0667. The molecule has 0 aliphatic rings. The summed E-state index contributed by atoms with van der Waals surface area (Å²) in [5.41, 5.74) is 7.60. The van der Waals surface area contributed by atoms with Crippen LogP contribution in [-0.4, -0.2) is 11.3 Å². The van der Waals surface area contributed by atoms with Gasteiger partial charge < -0.3 is 11.1 Å². The van der Waals surface area contributed by atoms with E-state index in [-0.39, 0.29) is 11.3 Å². The van der Waals surface area contributed by atoms with E-state index >= 15 is 0 Å². The van der Waals surface area contributed by atoms with Crippen molar-refractivity contribution < 1.29 is 0 Å². The van der Waals surface area contributed by atoms with Gasteiger partial charge in [-0.05, 0) is 23.3 Å². The van der Waals surface area contributed by atoms with E-state index in [1.165, 1.54) is 0 Å². The van der Waals surface area contributed by atoms with Crippen LogP contribution in [0.15, 0.2) is 65.7 Å². The van der Waals surface area contributed by atoms with Gasteiger partial charge in [-0.2, -0.15) is 0 Å². The lowest BCUT2D eigenvalue weighted by Gasteiger charge is -2.14. The molecule has 3 nitrogen and oxygen atoms in total. The summed E-state index contributed by atoms with van der Waals surface area (Å²) in [6.45, 7) is 0. The Morgan fingerprint density at radius 1 is 1.05 bits per heavy atom. The Morgan fingerprint density at radius 2 is 1.63 bits per heavy atom. The highest BCUT2D eigenvalue weighted by Gasteiger charge is 2.08. The van der Waals surface area contributed by atoms with Gasteiger partial charge in [0.05, 0.1) is 0 Å². The molecule has 96 valence electrons. The minimum atomic E-state index is -0.265. The summed E-state index contributed by atoms with van der Waals surface area (Å²) in [6.07, 6.45) is 1.54. The molecule has 0 radical (unpaired) electrons. The molecule has 1 atom stereocenters. The third kappa shape index (κ3) is 4.19. The first-order chi connectivity index (χ1) is 9.25. The summed E-state index contributed by atoms with van der Waals surface area (Å²) in [7, 11) is 0. The molecule has 2 aromatic rings. The van der Waals surface area contributed by atoms with Gasteiger partial charge in [-0.15, -0.1) is 0 Å². The van der Waals surface area contributed by atoms with Crippen molar-refractivity contribution in [1.29, 1.82) is 0 Å². The van der Waals surface area contributed by atoms with Crippen molar-refractivity contribution in [2.75, 3.05) is 0 Å². The minimum absolute atomic E-state index is 0.235. The second-order valence-corrected chi connectivity index (χ2v) is 4.45. The van der Waals surface area contributed by atoms with E-state index in [0.29, 0.717) is 0 Å². The Bertz CT molecular complexity index is 552. The van der Waals surface area contributed by atoms with Gasteiger partial charge in [0.2, 0.25) is 0 Å². The quantitative estimate of drug-likeness (QED) is 0.662. The Morgan fingerprint density at radius 3 is 2.21 bits per heavy atom. The maximum Gasteiger partial charge on any atom is 0.165 e. The van der Waals surface area contributed by atoms with Crippen molar-refractivity contribution in [3.8, 4) is 0 Å². The molecule has 0 unspecified atom stereocenters. The second kappa shape index (κ2) is 6.66. The van der Waals surface area contributed by atoms with Gasteiger partial charge in [0.15, 0.2) is 5.11 Å². The van der Waals surface area contributed by atoms with E-state index in [2.05, 4.69) is 10.3 Å². The summed E-state index contributed by atoms with van der Waals surface area (Å²) in [4.78, 5) is 4.50.